The van der Waals surface area contributed by atoms with Crippen molar-refractivity contribution in [1.82, 2.24) is 23.8 Å². The maximum absolute atomic E-state index is 13.3. The van der Waals surface area contributed by atoms with Gasteiger partial charge in [0, 0.05) is 41.6 Å². The van der Waals surface area contributed by atoms with Crippen LogP contribution in [-0.4, -0.2) is 29.7 Å². The van der Waals surface area contributed by atoms with E-state index in [0.717, 1.165) is 28.5 Å². The van der Waals surface area contributed by atoms with Crippen LogP contribution in [0.25, 0.3) is 17.2 Å². The van der Waals surface area contributed by atoms with E-state index in [4.69, 9.17) is 5.10 Å². The second-order valence-electron chi connectivity index (χ2n) is 8.38. The standard InChI is InChI=1S/C27H23N5O/c1-20-6-10-23(11-7-20)32-26(30-16-4-5-17-30)24-18-31(19-25(24)28-32)27(33)21-8-12-22(13-9-21)29-14-2-3-15-29/h2-17H,18-19H2,1H3. The van der Waals surface area contributed by atoms with E-state index in [9.17, 15) is 4.79 Å². The molecule has 6 rings (SSSR count). The first-order chi connectivity index (χ1) is 16.2. The topological polar surface area (TPSA) is 48.0 Å². The monoisotopic (exact) mass is 433 g/mol. The first kappa shape index (κ1) is 19.4. The van der Waals surface area contributed by atoms with Gasteiger partial charge in [0.1, 0.15) is 5.82 Å². The van der Waals surface area contributed by atoms with E-state index in [1.165, 1.54) is 5.56 Å². The van der Waals surface area contributed by atoms with E-state index in [0.29, 0.717) is 18.7 Å². The van der Waals surface area contributed by atoms with Gasteiger partial charge in [0.2, 0.25) is 0 Å². The first-order valence-electron chi connectivity index (χ1n) is 11.0. The predicted octanol–water partition coefficient (Wildman–Crippen LogP) is 4.92. The summed E-state index contributed by atoms with van der Waals surface area (Å²) in [6.45, 7) is 3.11. The van der Waals surface area contributed by atoms with Crippen LogP contribution < -0.4 is 0 Å². The molecule has 0 aliphatic carbocycles. The molecule has 6 heteroatoms. The summed E-state index contributed by atoms with van der Waals surface area (Å²) in [4.78, 5) is 15.1. The van der Waals surface area contributed by atoms with Gasteiger partial charge in [0.15, 0.2) is 0 Å². The summed E-state index contributed by atoms with van der Waals surface area (Å²) in [7, 11) is 0. The fourth-order valence-electron chi connectivity index (χ4n) is 4.42. The van der Waals surface area contributed by atoms with Gasteiger partial charge >= 0.3 is 0 Å². The number of hydrogen-bond acceptors (Lipinski definition) is 2. The maximum Gasteiger partial charge on any atom is 0.254 e. The zero-order valence-corrected chi connectivity index (χ0v) is 18.3. The molecule has 1 aliphatic rings. The Morgan fingerprint density at radius 2 is 1.36 bits per heavy atom. The predicted molar refractivity (Wildman–Crippen MR) is 127 cm³/mol. The molecule has 5 aromatic rings. The summed E-state index contributed by atoms with van der Waals surface area (Å²) in [6.07, 6.45) is 8.02. The van der Waals surface area contributed by atoms with Gasteiger partial charge in [0.05, 0.1) is 24.5 Å². The fraction of sp³-hybridized carbons (Fsp3) is 0.111. The molecule has 1 aliphatic heterocycles. The van der Waals surface area contributed by atoms with Crippen molar-refractivity contribution in [2.75, 3.05) is 0 Å². The fourth-order valence-corrected chi connectivity index (χ4v) is 4.42. The number of aryl methyl sites for hydroxylation is 1. The Morgan fingerprint density at radius 3 is 2.03 bits per heavy atom. The normalized spacial score (nSPS) is 12.8. The molecule has 0 atom stereocenters. The third-order valence-corrected chi connectivity index (χ3v) is 6.16. The summed E-state index contributed by atoms with van der Waals surface area (Å²) in [5.74, 6) is 1.00. The van der Waals surface area contributed by atoms with Crippen LogP contribution in [0.4, 0.5) is 0 Å². The summed E-state index contributed by atoms with van der Waals surface area (Å²) in [5, 5.41) is 4.92. The molecule has 0 fully saturated rings. The maximum atomic E-state index is 13.3. The number of hydrogen-bond donors (Lipinski definition) is 0. The van der Waals surface area contributed by atoms with Gasteiger partial charge in [-0.15, -0.1) is 0 Å². The molecule has 0 unspecified atom stereocenters. The molecule has 33 heavy (non-hydrogen) atoms. The number of amides is 1. The lowest BCUT2D eigenvalue weighted by atomic mass is 10.2. The molecule has 0 saturated carbocycles. The van der Waals surface area contributed by atoms with Crippen LogP contribution in [0.3, 0.4) is 0 Å². The van der Waals surface area contributed by atoms with Crippen LogP contribution in [0, 0.1) is 6.92 Å². The lowest BCUT2D eigenvalue weighted by Gasteiger charge is -2.18. The minimum Gasteiger partial charge on any atom is -0.328 e. The van der Waals surface area contributed by atoms with E-state index in [2.05, 4.69) is 35.8 Å². The van der Waals surface area contributed by atoms with Crippen LogP contribution in [0.2, 0.25) is 0 Å². The van der Waals surface area contributed by atoms with Gasteiger partial charge in [0.25, 0.3) is 5.91 Å². The Bertz CT molecular complexity index is 1410. The van der Waals surface area contributed by atoms with Crippen LogP contribution in [0.5, 0.6) is 0 Å². The SMILES string of the molecule is Cc1ccc(-n2nc3c(c2-n2cccc2)CN(C(=O)c2ccc(-n4cccc4)cc2)C3)cc1. The van der Waals surface area contributed by atoms with Crippen LogP contribution >= 0.6 is 0 Å². The molecule has 1 amide bonds. The highest BCUT2D eigenvalue weighted by atomic mass is 16.2. The van der Waals surface area contributed by atoms with E-state index in [1.807, 2.05) is 87.5 Å². The Hall–Kier alpha value is -4.32. The minimum atomic E-state index is 0.0207. The average Bonchev–Trinajstić information content (AvgIpc) is 3.64. The van der Waals surface area contributed by atoms with Gasteiger partial charge in [-0.3, -0.25) is 4.79 Å². The van der Waals surface area contributed by atoms with Gasteiger partial charge in [-0.2, -0.15) is 5.10 Å². The molecule has 3 aromatic heterocycles. The second-order valence-corrected chi connectivity index (χ2v) is 8.38. The second kappa shape index (κ2) is 7.67. The van der Waals surface area contributed by atoms with Crippen molar-refractivity contribution in [3.63, 3.8) is 0 Å². The van der Waals surface area contributed by atoms with Crippen molar-refractivity contribution in [2.45, 2.75) is 20.0 Å². The highest BCUT2D eigenvalue weighted by molar-refractivity contribution is 5.94. The van der Waals surface area contributed by atoms with Gasteiger partial charge in [-0.1, -0.05) is 17.7 Å². The molecular weight excluding hydrogens is 410 g/mol. The van der Waals surface area contributed by atoms with Gasteiger partial charge in [-0.05, 0) is 67.6 Å². The molecule has 6 nitrogen and oxygen atoms in total. The molecule has 162 valence electrons. The Morgan fingerprint density at radius 1 is 0.758 bits per heavy atom. The lowest BCUT2D eigenvalue weighted by Crippen LogP contribution is -2.26. The molecule has 0 radical (unpaired) electrons. The van der Waals surface area contributed by atoms with E-state index >= 15 is 0 Å². The molecule has 0 bridgehead atoms. The molecular formula is C27H23N5O. The Kier molecular flexibility index (Phi) is 4.50. The van der Waals surface area contributed by atoms with Crippen molar-refractivity contribution < 1.29 is 4.79 Å². The Balaban J connectivity index is 1.31. The number of fused-ring (bicyclic) bond motifs is 1. The van der Waals surface area contributed by atoms with Crippen molar-refractivity contribution in [1.29, 1.82) is 0 Å². The van der Waals surface area contributed by atoms with E-state index in [-0.39, 0.29) is 5.91 Å². The molecule has 0 N–H and O–H groups in total. The number of carbonyl (C=O) groups is 1. The quantitative estimate of drug-likeness (QED) is 0.404. The number of benzene rings is 2. The Labute approximate surface area is 191 Å². The summed E-state index contributed by atoms with van der Waals surface area (Å²) >= 11 is 0. The lowest BCUT2D eigenvalue weighted by molar-refractivity contribution is 0.0749. The largest absolute Gasteiger partial charge is 0.328 e. The molecule has 2 aromatic carbocycles. The van der Waals surface area contributed by atoms with Gasteiger partial charge < -0.3 is 14.0 Å². The zero-order chi connectivity index (χ0) is 22.4. The molecule has 4 heterocycles. The zero-order valence-electron chi connectivity index (χ0n) is 18.3. The number of rotatable bonds is 4. The van der Waals surface area contributed by atoms with Crippen molar-refractivity contribution in [3.8, 4) is 17.2 Å². The number of nitrogens with zero attached hydrogens (tertiary/aromatic N) is 5. The van der Waals surface area contributed by atoms with Crippen molar-refractivity contribution in [2.24, 2.45) is 0 Å². The molecule has 0 spiro atoms. The van der Waals surface area contributed by atoms with Crippen LogP contribution in [-0.2, 0) is 13.1 Å². The smallest absolute Gasteiger partial charge is 0.254 e. The summed E-state index contributed by atoms with van der Waals surface area (Å²) in [6, 6.07) is 24.1. The number of aromatic nitrogens is 4. The van der Waals surface area contributed by atoms with E-state index in [1.54, 1.807) is 0 Å². The summed E-state index contributed by atoms with van der Waals surface area (Å²) in [5.41, 5.74) is 5.97. The van der Waals surface area contributed by atoms with Crippen LogP contribution in [0.1, 0.15) is 27.2 Å². The van der Waals surface area contributed by atoms with E-state index < -0.39 is 0 Å². The summed E-state index contributed by atoms with van der Waals surface area (Å²) < 4.78 is 6.08. The highest BCUT2D eigenvalue weighted by Gasteiger charge is 2.31. The minimum absolute atomic E-state index is 0.0207. The van der Waals surface area contributed by atoms with Crippen LogP contribution in [0.15, 0.2) is 97.6 Å². The number of carbonyl (C=O) groups excluding carboxylic acids is 1. The third kappa shape index (κ3) is 3.36. The first-order valence-corrected chi connectivity index (χ1v) is 11.0. The molecule has 0 saturated heterocycles. The average molecular weight is 434 g/mol. The van der Waals surface area contributed by atoms with Crippen molar-refractivity contribution >= 4 is 5.91 Å². The third-order valence-electron chi connectivity index (χ3n) is 6.16. The van der Waals surface area contributed by atoms with Crippen molar-refractivity contribution in [3.05, 3.63) is 120 Å². The highest BCUT2D eigenvalue weighted by Crippen LogP contribution is 2.31. The van der Waals surface area contributed by atoms with Gasteiger partial charge in [-0.25, -0.2) is 4.68 Å².